The van der Waals surface area contributed by atoms with Crippen molar-refractivity contribution in [3.05, 3.63) is 30.3 Å². The highest BCUT2D eigenvalue weighted by Crippen LogP contribution is 2.16. The van der Waals surface area contributed by atoms with E-state index >= 15 is 0 Å². The zero-order valence-electron chi connectivity index (χ0n) is 10.1. The second-order valence-electron chi connectivity index (χ2n) is 4.64. The summed E-state index contributed by atoms with van der Waals surface area (Å²) in [7, 11) is -3.54. The molecule has 1 atom stereocenters. The second kappa shape index (κ2) is 5.36. The topological polar surface area (TPSA) is 78.4 Å². The molecule has 1 aliphatic rings. The van der Waals surface area contributed by atoms with E-state index in [0.717, 1.165) is 13.0 Å². The molecule has 3 N–H and O–H groups in total. The third-order valence-electron chi connectivity index (χ3n) is 3.09. The fraction of sp³-hybridized carbons (Fsp3) is 0.500. The molecule has 1 saturated heterocycles. The van der Waals surface area contributed by atoms with Crippen molar-refractivity contribution in [3.8, 4) is 0 Å². The maximum atomic E-state index is 12.0. The number of sulfonamides is 1. The van der Waals surface area contributed by atoms with Crippen LogP contribution in [0.4, 0.5) is 0 Å². The molecule has 0 radical (unpaired) electrons. The standard InChI is InChI=1S/C12H18N2O3S/c15-12(7-4-8-13-9-12)10-14-18(16,17)11-5-2-1-3-6-11/h1-3,5-6,13-15H,4,7-10H2. The van der Waals surface area contributed by atoms with Crippen molar-refractivity contribution in [1.29, 1.82) is 0 Å². The molecule has 0 aliphatic carbocycles. The van der Waals surface area contributed by atoms with Gasteiger partial charge in [-0.1, -0.05) is 18.2 Å². The summed E-state index contributed by atoms with van der Waals surface area (Å²) in [6.07, 6.45) is 1.46. The van der Waals surface area contributed by atoms with Crippen LogP contribution >= 0.6 is 0 Å². The summed E-state index contributed by atoms with van der Waals surface area (Å²) in [5, 5.41) is 13.3. The Bertz CT molecular complexity index is 481. The summed E-state index contributed by atoms with van der Waals surface area (Å²) in [5.41, 5.74) is -0.986. The average Bonchev–Trinajstić information content (AvgIpc) is 2.39. The summed E-state index contributed by atoms with van der Waals surface area (Å²) in [6, 6.07) is 8.17. The highest BCUT2D eigenvalue weighted by Gasteiger charge is 2.30. The Morgan fingerprint density at radius 1 is 1.33 bits per heavy atom. The van der Waals surface area contributed by atoms with E-state index in [-0.39, 0.29) is 11.4 Å². The van der Waals surface area contributed by atoms with Crippen LogP contribution in [0.25, 0.3) is 0 Å². The van der Waals surface area contributed by atoms with Gasteiger partial charge in [-0.25, -0.2) is 13.1 Å². The first-order chi connectivity index (χ1) is 8.52. The van der Waals surface area contributed by atoms with Gasteiger partial charge in [-0.2, -0.15) is 0 Å². The highest BCUT2D eigenvalue weighted by atomic mass is 32.2. The number of rotatable bonds is 4. The molecule has 0 amide bonds. The fourth-order valence-electron chi connectivity index (χ4n) is 2.02. The van der Waals surface area contributed by atoms with Crippen LogP contribution in [0.1, 0.15) is 12.8 Å². The van der Waals surface area contributed by atoms with Crippen molar-refractivity contribution < 1.29 is 13.5 Å². The maximum absolute atomic E-state index is 12.0. The molecular weight excluding hydrogens is 252 g/mol. The largest absolute Gasteiger partial charge is 0.387 e. The van der Waals surface area contributed by atoms with E-state index in [4.69, 9.17) is 0 Å². The molecule has 1 unspecified atom stereocenters. The van der Waals surface area contributed by atoms with Gasteiger partial charge in [0.1, 0.15) is 0 Å². The third kappa shape index (κ3) is 3.29. The van der Waals surface area contributed by atoms with Crippen molar-refractivity contribution in [3.63, 3.8) is 0 Å². The number of hydrogen-bond donors (Lipinski definition) is 3. The minimum absolute atomic E-state index is 0.0389. The van der Waals surface area contributed by atoms with Gasteiger partial charge in [0.05, 0.1) is 10.5 Å². The Hall–Kier alpha value is -0.950. The van der Waals surface area contributed by atoms with Crippen LogP contribution in [0.5, 0.6) is 0 Å². The van der Waals surface area contributed by atoms with E-state index in [2.05, 4.69) is 10.0 Å². The number of piperidine rings is 1. The Balaban J connectivity index is 2.01. The molecule has 1 aromatic rings. The molecule has 2 rings (SSSR count). The predicted molar refractivity (Wildman–Crippen MR) is 68.7 cm³/mol. The zero-order chi connectivity index (χ0) is 13.1. The molecule has 1 aliphatic heterocycles. The molecule has 0 saturated carbocycles. The molecule has 5 nitrogen and oxygen atoms in total. The monoisotopic (exact) mass is 270 g/mol. The van der Waals surface area contributed by atoms with Gasteiger partial charge in [-0.15, -0.1) is 0 Å². The molecule has 1 fully saturated rings. The lowest BCUT2D eigenvalue weighted by Crippen LogP contribution is -2.52. The fourth-order valence-corrected chi connectivity index (χ4v) is 3.16. The quantitative estimate of drug-likeness (QED) is 0.724. The van der Waals surface area contributed by atoms with Crippen molar-refractivity contribution in [2.75, 3.05) is 19.6 Å². The van der Waals surface area contributed by atoms with Crippen molar-refractivity contribution in [1.82, 2.24) is 10.0 Å². The first kappa shape index (κ1) is 13.5. The number of aliphatic hydroxyl groups is 1. The summed E-state index contributed by atoms with van der Waals surface area (Å²) < 4.78 is 26.4. The van der Waals surface area contributed by atoms with Crippen LogP contribution in [-0.2, 0) is 10.0 Å². The van der Waals surface area contributed by atoms with E-state index in [9.17, 15) is 13.5 Å². The molecule has 0 spiro atoms. The summed E-state index contributed by atoms with van der Waals surface area (Å²) in [5.74, 6) is 0. The Morgan fingerprint density at radius 2 is 2.06 bits per heavy atom. The summed E-state index contributed by atoms with van der Waals surface area (Å²) in [4.78, 5) is 0.220. The predicted octanol–water partition coefficient (Wildman–Crippen LogP) is 0.0794. The van der Waals surface area contributed by atoms with Crippen LogP contribution < -0.4 is 10.0 Å². The highest BCUT2D eigenvalue weighted by molar-refractivity contribution is 7.89. The Morgan fingerprint density at radius 3 is 2.67 bits per heavy atom. The van der Waals surface area contributed by atoms with Crippen LogP contribution in [0, 0.1) is 0 Å². The number of nitrogens with one attached hydrogen (secondary N) is 2. The lowest BCUT2D eigenvalue weighted by atomic mass is 9.95. The molecule has 1 heterocycles. The van der Waals surface area contributed by atoms with Gasteiger partial charge in [0.15, 0.2) is 0 Å². The zero-order valence-corrected chi connectivity index (χ0v) is 10.9. The first-order valence-electron chi connectivity index (χ1n) is 6.00. The van der Waals surface area contributed by atoms with Gasteiger partial charge < -0.3 is 10.4 Å². The Kier molecular flexibility index (Phi) is 4.01. The van der Waals surface area contributed by atoms with Crippen LogP contribution in [0.15, 0.2) is 35.2 Å². The van der Waals surface area contributed by atoms with Gasteiger partial charge in [0.2, 0.25) is 10.0 Å². The molecule has 100 valence electrons. The van der Waals surface area contributed by atoms with Gasteiger partial charge in [-0.3, -0.25) is 0 Å². The molecule has 0 aromatic heterocycles. The smallest absolute Gasteiger partial charge is 0.240 e. The SMILES string of the molecule is O=S(=O)(NCC1(O)CCCNC1)c1ccccc1. The lowest BCUT2D eigenvalue weighted by Gasteiger charge is -2.32. The Labute approximate surface area is 107 Å². The van der Waals surface area contributed by atoms with Crippen LogP contribution in [0.3, 0.4) is 0 Å². The van der Waals surface area contributed by atoms with Gasteiger partial charge in [0, 0.05) is 13.1 Å². The molecule has 0 bridgehead atoms. The van der Waals surface area contributed by atoms with Gasteiger partial charge >= 0.3 is 0 Å². The number of hydrogen-bond acceptors (Lipinski definition) is 4. The van der Waals surface area contributed by atoms with Crippen LogP contribution in [0.2, 0.25) is 0 Å². The maximum Gasteiger partial charge on any atom is 0.240 e. The first-order valence-corrected chi connectivity index (χ1v) is 7.48. The summed E-state index contributed by atoms with van der Waals surface area (Å²) >= 11 is 0. The van der Waals surface area contributed by atoms with E-state index in [1.54, 1.807) is 18.2 Å². The molecular formula is C12H18N2O3S. The van der Waals surface area contributed by atoms with Crippen molar-refractivity contribution in [2.24, 2.45) is 0 Å². The third-order valence-corrected chi connectivity index (χ3v) is 4.51. The number of β-amino-alcohol motifs (C(OH)–C–C–N with tert-alkyl or cyclic N) is 1. The minimum atomic E-state index is -3.54. The lowest BCUT2D eigenvalue weighted by molar-refractivity contribution is 0.0218. The van der Waals surface area contributed by atoms with Crippen molar-refractivity contribution >= 4 is 10.0 Å². The van der Waals surface area contributed by atoms with E-state index in [1.165, 1.54) is 12.1 Å². The van der Waals surface area contributed by atoms with Gasteiger partial charge in [-0.05, 0) is 31.5 Å². The average molecular weight is 270 g/mol. The molecule has 1 aromatic carbocycles. The van der Waals surface area contributed by atoms with E-state index < -0.39 is 15.6 Å². The van der Waals surface area contributed by atoms with Crippen molar-refractivity contribution in [2.45, 2.75) is 23.3 Å². The van der Waals surface area contributed by atoms with E-state index in [0.29, 0.717) is 13.0 Å². The van der Waals surface area contributed by atoms with E-state index in [1.807, 2.05) is 0 Å². The molecule has 18 heavy (non-hydrogen) atoms. The van der Waals surface area contributed by atoms with Gasteiger partial charge in [0.25, 0.3) is 0 Å². The second-order valence-corrected chi connectivity index (χ2v) is 6.41. The summed E-state index contributed by atoms with van der Waals surface area (Å²) in [6.45, 7) is 1.33. The normalized spacial score (nSPS) is 24.9. The molecule has 6 heteroatoms. The minimum Gasteiger partial charge on any atom is -0.387 e. The number of benzene rings is 1. The van der Waals surface area contributed by atoms with Crippen LogP contribution in [-0.4, -0.2) is 38.8 Å².